The van der Waals surface area contributed by atoms with Crippen LogP contribution in [0.1, 0.15) is 65.2 Å². The SMILES string of the molecule is CN(C1CCC(C)(C)CC1)S(=O)(=O)CCC1CCCCN1. The van der Waals surface area contributed by atoms with Gasteiger partial charge < -0.3 is 5.32 Å². The highest BCUT2D eigenvalue weighted by Crippen LogP contribution is 2.37. The van der Waals surface area contributed by atoms with Crippen molar-refractivity contribution in [2.24, 2.45) is 5.41 Å². The van der Waals surface area contributed by atoms with Gasteiger partial charge in [-0.2, -0.15) is 0 Å². The molecule has 0 amide bonds. The molecule has 0 aromatic heterocycles. The maximum Gasteiger partial charge on any atom is 0.214 e. The van der Waals surface area contributed by atoms with Crippen molar-refractivity contribution in [3.05, 3.63) is 0 Å². The Morgan fingerprint density at radius 3 is 2.38 bits per heavy atom. The lowest BCUT2D eigenvalue weighted by Gasteiger charge is -2.38. The van der Waals surface area contributed by atoms with E-state index in [1.165, 1.54) is 12.8 Å². The average Bonchev–Trinajstić information content (AvgIpc) is 2.46. The van der Waals surface area contributed by atoms with Gasteiger partial charge in [-0.1, -0.05) is 20.3 Å². The Morgan fingerprint density at radius 1 is 1.14 bits per heavy atom. The summed E-state index contributed by atoms with van der Waals surface area (Å²) in [4.78, 5) is 0. The van der Waals surface area contributed by atoms with Gasteiger partial charge in [0.15, 0.2) is 0 Å². The molecule has 124 valence electrons. The first-order valence-electron chi connectivity index (χ1n) is 8.49. The van der Waals surface area contributed by atoms with Crippen molar-refractivity contribution < 1.29 is 8.42 Å². The normalized spacial score (nSPS) is 27.9. The molecule has 1 N–H and O–H groups in total. The van der Waals surface area contributed by atoms with Crippen LogP contribution in [0.4, 0.5) is 0 Å². The first-order valence-corrected chi connectivity index (χ1v) is 10.1. The first-order chi connectivity index (χ1) is 9.80. The molecule has 0 aromatic rings. The van der Waals surface area contributed by atoms with Crippen molar-refractivity contribution in [2.45, 2.75) is 77.3 Å². The van der Waals surface area contributed by atoms with E-state index in [4.69, 9.17) is 0 Å². The standard InChI is InChI=1S/C16H32N2O2S/c1-16(2)10-7-15(8-11-16)18(3)21(19,20)13-9-14-6-4-5-12-17-14/h14-15,17H,4-13H2,1-3H3. The van der Waals surface area contributed by atoms with Gasteiger partial charge in [0.05, 0.1) is 5.75 Å². The number of piperidine rings is 1. The van der Waals surface area contributed by atoms with Crippen LogP contribution < -0.4 is 5.32 Å². The lowest BCUT2D eigenvalue weighted by Crippen LogP contribution is -2.43. The number of rotatable bonds is 5. The number of sulfonamides is 1. The van der Waals surface area contributed by atoms with Crippen molar-refractivity contribution in [3.8, 4) is 0 Å². The number of hydrogen-bond acceptors (Lipinski definition) is 3. The molecule has 0 aromatic carbocycles. The van der Waals surface area contributed by atoms with Crippen LogP contribution in [0.3, 0.4) is 0 Å². The van der Waals surface area contributed by atoms with Crippen LogP contribution >= 0.6 is 0 Å². The fraction of sp³-hybridized carbons (Fsp3) is 1.00. The van der Waals surface area contributed by atoms with Gasteiger partial charge in [-0.15, -0.1) is 0 Å². The van der Waals surface area contributed by atoms with Crippen molar-refractivity contribution in [3.63, 3.8) is 0 Å². The Hall–Kier alpha value is -0.130. The van der Waals surface area contributed by atoms with E-state index in [2.05, 4.69) is 19.2 Å². The zero-order valence-electron chi connectivity index (χ0n) is 13.9. The fourth-order valence-corrected chi connectivity index (χ4v) is 5.12. The summed E-state index contributed by atoms with van der Waals surface area (Å²) in [5.41, 5.74) is 0.382. The molecular weight excluding hydrogens is 284 g/mol. The predicted octanol–water partition coefficient (Wildman–Crippen LogP) is 2.75. The molecule has 0 radical (unpaired) electrons. The Labute approximate surface area is 130 Å². The molecular formula is C16H32N2O2S. The van der Waals surface area contributed by atoms with Crippen molar-refractivity contribution >= 4 is 10.0 Å². The lowest BCUT2D eigenvalue weighted by atomic mass is 9.76. The van der Waals surface area contributed by atoms with Crippen LogP contribution in [0.25, 0.3) is 0 Å². The van der Waals surface area contributed by atoms with E-state index in [0.717, 1.165) is 45.1 Å². The van der Waals surface area contributed by atoms with Crippen LogP contribution in [-0.2, 0) is 10.0 Å². The summed E-state index contributed by atoms with van der Waals surface area (Å²) in [6.07, 6.45) is 8.59. The molecule has 21 heavy (non-hydrogen) atoms. The molecule has 4 nitrogen and oxygen atoms in total. The van der Waals surface area contributed by atoms with Crippen LogP contribution in [0.15, 0.2) is 0 Å². The minimum atomic E-state index is -3.10. The summed E-state index contributed by atoms with van der Waals surface area (Å²) in [5.74, 6) is 0.293. The molecule has 5 heteroatoms. The molecule has 0 bridgehead atoms. The Balaban J connectivity index is 1.83. The molecule has 0 spiro atoms. The van der Waals surface area contributed by atoms with Gasteiger partial charge in [-0.3, -0.25) is 0 Å². The fourth-order valence-electron chi connectivity index (χ4n) is 3.58. The summed E-state index contributed by atoms with van der Waals surface area (Å²) >= 11 is 0. The van der Waals surface area contributed by atoms with E-state index < -0.39 is 10.0 Å². The summed E-state index contributed by atoms with van der Waals surface area (Å²) < 4.78 is 26.7. The average molecular weight is 317 g/mol. The van der Waals surface area contributed by atoms with E-state index >= 15 is 0 Å². The Kier molecular flexibility index (Phi) is 5.71. The maximum absolute atomic E-state index is 12.5. The van der Waals surface area contributed by atoms with Gasteiger partial charge in [0.25, 0.3) is 0 Å². The topological polar surface area (TPSA) is 49.4 Å². The summed E-state index contributed by atoms with van der Waals surface area (Å²) in [7, 11) is -1.32. The second-order valence-electron chi connectivity index (χ2n) is 7.66. The van der Waals surface area contributed by atoms with E-state index in [-0.39, 0.29) is 6.04 Å². The van der Waals surface area contributed by atoms with Crippen LogP contribution in [0.2, 0.25) is 0 Å². The largest absolute Gasteiger partial charge is 0.314 e. The third-order valence-corrected chi connectivity index (χ3v) is 7.33. The zero-order chi connectivity index (χ0) is 15.5. The number of nitrogens with zero attached hydrogens (tertiary/aromatic N) is 1. The van der Waals surface area contributed by atoms with Gasteiger partial charge in [0.2, 0.25) is 10.0 Å². The first kappa shape index (κ1) is 17.2. The van der Waals surface area contributed by atoms with Gasteiger partial charge in [0, 0.05) is 19.1 Å². The van der Waals surface area contributed by atoms with E-state index in [9.17, 15) is 8.42 Å². The highest BCUT2D eigenvalue weighted by Gasteiger charge is 2.33. The van der Waals surface area contributed by atoms with Gasteiger partial charge in [-0.25, -0.2) is 12.7 Å². The smallest absolute Gasteiger partial charge is 0.214 e. The monoisotopic (exact) mass is 316 g/mol. The predicted molar refractivity (Wildman–Crippen MR) is 87.8 cm³/mol. The van der Waals surface area contributed by atoms with Crippen molar-refractivity contribution in [1.82, 2.24) is 9.62 Å². The maximum atomic E-state index is 12.5. The quantitative estimate of drug-likeness (QED) is 0.848. The van der Waals surface area contributed by atoms with Crippen LogP contribution in [0, 0.1) is 5.41 Å². The molecule has 2 aliphatic rings. The van der Waals surface area contributed by atoms with Gasteiger partial charge in [-0.05, 0) is 56.9 Å². The summed E-state index contributed by atoms with van der Waals surface area (Å²) in [6.45, 7) is 5.61. The second-order valence-corrected chi connectivity index (χ2v) is 9.81. The molecule has 1 saturated carbocycles. The minimum absolute atomic E-state index is 0.211. The lowest BCUT2D eigenvalue weighted by molar-refractivity contribution is 0.174. The third-order valence-electron chi connectivity index (χ3n) is 5.40. The Bertz CT molecular complexity index is 418. The van der Waals surface area contributed by atoms with E-state index in [1.54, 1.807) is 11.4 Å². The molecule has 2 rings (SSSR count). The molecule has 1 unspecified atom stereocenters. The van der Waals surface area contributed by atoms with Crippen LogP contribution in [0.5, 0.6) is 0 Å². The third kappa shape index (κ3) is 4.93. The van der Waals surface area contributed by atoms with E-state index in [0.29, 0.717) is 17.2 Å². The molecule has 1 aliphatic carbocycles. The molecule has 1 atom stereocenters. The molecule has 1 saturated heterocycles. The Morgan fingerprint density at radius 2 is 1.81 bits per heavy atom. The summed E-state index contributed by atoms with van der Waals surface area (Å²) in [5, 5.41) is 3.44. The highest BCUT2D eigenvalue weighted by atomic mass is 32.2. The number of nitrogens with one attached hydrogen (secondary N) is 1. The van der Waals surface area contributed by atoms with Crippen molar-refractivity contribution in [1.29, 1.82) is 0 Å². The summed E-state index contributed by atoms with van der Waals surface area (Å²) in [6, 6.07) is 0.606. The van der Waals surface area contributed by atoms with Gasteiger partial charge in [0.1, 0.15) is 0 Å². The van der Waals surface area contributed by atoms with Crippen molar-refractivity contribution in [2.75, 3.05) is 19.3 Å². The number of hydrogen-bond donors (Lipinski definition) is 1. The van der Waals surface area contributed by atoms with Crippen LogP contribution in [-0.4, -0.2) is 44.2 Å². The molecule has 1 aliphatic heterocycles. The zero-order valence-corrected chi connectivity index (χ0v) is 14.7. The van der Waals surface area contributed by atoms with E-state index in [1.807, 2.05) is 0 Å². The van der Waals surface area contributed by atoms with Gasteiger partial charge >= 0.3 is 0 Å². The minimum Gasteiger partial charge on any atom is -0.314 e. The molecule has 2 fully saturated rings. The second kappa shape index (κ2) is 6.97. The highest BCUT2D eigenvalue weighted by molar-refractivity contribution is 7.89. The molecule has 1 heterocycles.